The van der Waals surface area contributed by atoms with Crippen LogP contribution in [0.1, 0.15) is 50.7 Å². The molecule has 0 unspecified atom stereocenters. The Kier molecular flexibility index (Phi) is 6.56. The minimum absolute atomic E-state index is 0.0973. The Morgan fingerprint density at radius 3 is 2.41 bits per heavy atom. The molecule has 1 spiro atoms. The molecule has 5 rings (SSSR count). The summed E-state index contributed by atoms with van der Waals surface area (Å²) in [6.45, 7) is 4.98. The number of hydrogen-bond donors (Lipinski definition) is 1. The van der Waals surface area contributed by atoms with E-state index in [9.17, 15) is 28.8 Å². The van der Waals surface area contributed by atoms with Gasteiger partial charge in [-0.3, -0.25) is 39.2 Å². The molecule has 4 aliphatic rings. The van der Waals surface area contributed by atoms with Gasteiger partial charge in [-0.05, 0) is 67.4 Å². The highest BCUT2D eigenvalue weighted by Crippen LogP contribution is 2.49. The van der Waals surface area contributed by atoms with Crippen molar-refractivity contribution in [2.24, 2.45) is 11.3 Å². The lowest BCUT2D eigenvalue weighted by Crippen LogP contribution is -2.70. The molecule has 39 heavy (non-hydrogen) atoms. The van der Waals surface area contributed by atoms with Gasteiger partial charge in [0, 0.05) is 32.9 Å². The molecule has 1 atom stereocenters. The molecule has 1 aromatic carbocycles. The summed E-state index contributed by atoms with van der Waals surface area (Å²) in [7, 11) is 2.79. The first-order chi connectivity index (χ1) is 18.5. The molecule has 4 aliphatic heterocycles. The maximum absolute atomic E-state index is 13.6. The zero-order valence-corrected chi connectivity index (χ0v) is 22.7. The van der Waals surface area contributed by atoms with Gasteiger partial charge >= 0.3 is 12.1 Å². The average molecular weight is 536 g/mol. The van der Waals surface area contributed by atoms with E-state index in [-0.39, 0.29) is 24.6 Å². The fourth-order valence-electron chi connectivity index (χ4n) is 6.35. The van der Waals surface area contributed by atoms with Crippen LogP contribution in [0, 0.1) is 11.3 Å². The van der Waals surface area contributed by atoms with Gasteiger partial charge in [0.1, 0.15) is 5.57 Å². The Balaban J connectivity index is 1.50. The van der Waals surface area contributed by atoms with Crippen molar-refractivity contribution in [1.82, 2.24) is 20.0 Å². The number of fused-ring (bicyclic) bond motifs is 4. The summed E-state index contributed by atoms with van der Waals surface area (Å²) in [6.07, 6.45) is 4.45. The minimum Gasteiger partial charge on any atom is -0.367 e. The number of imide groups is 4. The number of nitrogens with zero attached hydrogens (tertiary/aromatic N) is 4. The van der Waals surface area contributed by atoms with Gasteiger partial charge in [0.15, 0.2) is 5.41 Å². The Morgan fingerprint density at radius 2 is 1.74 bits per heavy atom. The smallest absolute Gasteiger partial charge is 0.332 e. The van der Waals surface area contributed by atoms with Crippen LogP contribution < -0.4 is 10.2 Å². The van der Waals surface area contributed by atoms with E-state index >= 15 is 0 Å². The zero-order chi connectivity index (χ0) is 28.2. The number of barbiturate groups is 2. The molecule has 0 aromatic heterocycles. The number of nitrogens with one attached hydrogen (secondary N) is 1. The van der Waals surface area contributed by atoms with Crippen LogP contribution in [0.15, 0.2) is 23.8 Å². The molecule has 4 heterocycles. The highest BCUT2D eigenvalue weighted by molar-refractivity contribution is 6.31. The van der Waals surface area contributed by atoms with Gasteiger partial charge in [-0.1, -0.05) is 19.9 Å². The third-order valence-corrected chi connectivity index (χ3v) is 8.31. The molecule has 0 radical (unpaired) electrons. The van der Waals surface area contributed by atoms with Crippen LogP contribution in [0.4, 0.5) is 15.3 Å². The predicted octanol–water partition coefficient (Wildman–Crippen LogP) is 2.15. The van der Waals surface area contributed by atoms with E-state index < -0.39 is 41.1 Å². The zero-order valence-electron chi connectivity index (χ0n) is 22.7. The summed E-state index contributed by atoms with van der Waals surface area (Å²) in [5.41, 5.74) is 0.542. The number of amides is 8. The monoisotopic (exact) mass is 535 g/mol. The molecule has 3 fully saturated rings. The van der Waals surface area contributed by atoms with Gasteiger partial charge < -0.3 is 4.90 Å². The van der Waals surface area contributed by atoms with Gasteiger partial charge in [0.25, 0.3) is 11.8 Å². The summed E-state index contributed by atoms with van der Waals surface area (Å²) < 4.78 is 0. The Bertz CT molecular complexity index is 1310. The normalized spacial score (nSPS) is 23.8. The number of carbonyl (C=O) groups excluding carboxylic acids is 6. The fraction of sp³-hybridized carbons (Fsp3) is 0.500. The molecule has 206 valence electrons. The van der Waals surface area contributed by atoms with Crippen LogP contribution in [0.25, 0.3) is 6.08 Å². The molecule has 1 aromatic rings. The molecule has 1 N–H and O–H groups in total. The molecule has 0 bridgehead atoms. The quantitative estimate of drug-likeness (QED) is 0.348. The first-order valence-corrected chi connectivity index (χ1v) is 13.4. The maximum atomic E-state index is 13.6. The Labute approximate surface area is 226 Å². The van der Waals surface area contributed by atoms with E-state index in [0.29, 0.717) is 36.4 Å². The van der Waals surface area contributed by atoms with Crippen molar-refractivity contribution in [3.05, 3.63) is 34.9 Å². The van der Waals surface area contributed by atoms with Gasteiger partial charge in [-0.2, -0.15) is 0 Å². The van der Waals surface area contributed by atoms with Crippen LogP contribution in [0.3, 0.4) is 0 Å². The second-order valence-corrected chi connectivity index (χ2v) is 11.2. The lowest BCUT2D eigenvalue weighted by Gasteiger charge is -2.50. The van der Waals surface area contributed by atoms with Crippen LogP contribution >= 0.6 is 0 Å². The van der Waals surface area contributed by atoms with E-state index in [2.05, 4.69) is 24.1 Å². The highest BCUT2D eigenvalue weighted by atomic mass is 16.2. The number of benzene rings is 1. The van der Waals surface area contributed by atoms with Crippen molar-refractivity contribution in [3.8, 4) is 0 Å². The molecular formula is C28H33N5O6. The van der Waals surface area contributed by atoms with E-state index in [1.807, 2.05) is 6.07 Å². The van der Waals surface area contributed by atoms with E-state index in [1.165, 1.54) is 20.2 Å². The lowest BCUT2D eigenvalue weighted by molar-refractivity contribution is -0.159. The van der Waals surface area contributed by atoms with Gasteiger partial charge in [0.2, 0.25) is 11.8 Å². The van der Waals surface area contributed by atoms with Crippen molar-refractivity contribution >= 4 is 47.5 Å². The first kappa shape index (κ1) is 26.6. The van der Waals surface area contributed by atoms with Gasteiger partial charge in [-0.15, -0.1) is 0 Å². The Morgan fingerprint density at radius 1 is 1.05 bits per heavy atom. The molecule has 11 heteroatoms. The summed E-state index contributed by atoms with van der Waals surface area (Å²) in [4.78, 5) is 82.9. The molecule has 11 nitrogen and oxygen atoms in total. The number of anilines is 1. The van der Waals surface area contributed by atoms with E-state index in [1.54, 1.807) is 12.1 Å². The Hall–Kier alpha value is -4.02. The summed E-state index contributed by atoms with van der Waals surface area (Å²) in [6, 6.07) is 3.68. The summed E-state index contributed by atoms with van der Waals surface area (Å²) in [5.74, 6) is -2.03. The third-order valence-electron chi connectivity index (χ3n) is 8.31. The SMILES string of the molecule is CC(C)CCCN1C(=O)NC(=O)/C(=C/c2ccc3c(c2)CC2(C(=O)N(C)C(=O)N(C)C2=O)[C@@H]2CCCN32)C1=O. The number of urea groups is 2. The average Bonchev–Trinajstić information content (AvgIpc) is 3.40. The molecule has 0 saturated carbocycles. The fourth-order valence-corrected chi connectivity index (χ4v) is 6.35. The molecule has 3 saturated heterocycles. The second-order valence-electron chi connectivity index (χ2n) is 11.2. The van der Waals surface area contributed by atoms with Crippen molar-refractivity contribution in [1.29, 1.82) is 0 Å². The van der Waals surface area contributed by atoms with Crippen LogP contribution in [0.5, 0.6) is 0 Å². The number of hydrogen-bond acceptors (Lipinski definition) is 7. The molecule has 8 amide bonds. The number of rotatable bonds is 5. The largest absolute Gasteiger partial charge is 0.367 e. The predicted molar refractivity (Wildman–Crippen MR) is 141 cm³/mol. The third kappa shape index (κ3) is 4.11. The van der Waals surface area contributed by atoms with Crippen molar-refractivity contribution in [3.63, 3.8) is 0 Å². The first-order valence-electron chi connectivity index (χ1n) is 13.4. The maximum Gasteiger partial charge on any atom is 0.332 e. The minimum atomic E-state index is -1.44. The molecular weight excluding hydrogens is 502 g/mol. The second kappa shape index (κ2) is 9.62. The highest BCUT2D eigenvalue weighted by Gasteiger charge is 2.63. The number of carbonyl (C=O) groups is 6. The van der Waals surface area contributed by atoms with Crippen LogP contribution in [0.2, 0.25) is 0 Å². The summed E-state index contributed by atoms with van der Waals surface area (Å²) >= 11 is 0. The van der Waals surface area contributed by atoms with Crippen molar-refractivity contribution in [2.75, 3.05) is 32.1 Å². The standard InChI is InChI=1S/C28H33N5O6/c1-16(2)7-5-12-33-23(35)19(22(34)29-26(33)38)14-17-9-10-20-18(13-17)15-28(21-8-6-11-32(20)21)24(36)30(3)27(39)31(4)25(28)37/h9-10,13-14,16,21H,5-8,11-12,15H2,1-4H3,(H,29,34,38)/b19-14-/t21-/m0/s1. The van der Waals surface area contributed by atoms with E-state index in [4.69, 9.17) is 0 Å². The van der Waals surface area contributed by atoms with E-state index in [0.717, 1.165) is 33.2 Å². The van der Waals surface area contributed by atoms with Crippen LogP contribution in [-0.4, -0.2) is 83.6 Å². The molecule has 0 aliphatic carbocycles. The van der Waals surface area contributed by atoms with Gasteiger partial charge in [-0.25, -0.2) is 9.59 Å². The van der Waals surface area contributed by atoms with Crippen molar-refractivity contribution < 1.29 is 28.8 Å². The topological polar surface area (TPSA) is 127 Å². The van der Waals surface area contributed by atoms with Gasteiger partial charge in [0.05, 0.1) is 6.04 Å². The van der Waals surface area contributed by atoms with Crippen LogP contribution in [-0.2, 0) is 25.6 Å². The lowest BCUT2D eigenvalue weighted by atomic mass is 9.68. The summed E-state index contributed by atoms with van der Waals surface area (Å²) in [5, 5.41) is 2.25. The van der Waals surface area contributed by atoms with Crippen molar-refractivity contribution in [2.45, 2.75) is 52.0 Å².